The summed E-state index contributed by atoms with van der Waals surface area (Å²) in [5.41, 5.74) is 0.900. The van der Waals surface area contributed by atoms with Crippen LogP contribution in [0, 0.1) is 11.7 Å². The standard InChI is InChI=1S/C35H39ClFN5O3/c1-2-20(14-42-24-9-10-25(42)19-44-18-24)17-45-35-39-33-29(34(40-35)41-15-22-7-8-23(16-41)38-22)13-30(36)31(32(33)37)28-12-26(43)11-21-5-3-4-6-27(21)28/h3-6,11-13,20,22-25,38,43H,2,7-10,14-19H2,1H3/t20-,22?,23?,24?,25?/m1/s1. The van der Waals surface area contributed by atoms with Crippen LogP contribution in [0.25, 0.3) is 32.8 Å². The lowest BCUT2D eigenvalue weighted by molar-refractivity contribution is -0.0246. The highest BCUT2D eigenvalue weighted by atomic mass is 35.5. The highest BCUT2D eigenvalue weighted by Gasteiger charge is 2.38. The number of ether oxygens (including phenoxy) is 2. The van der Waals surface area contributed by atoms with Gasteiger partial charge in [-0.05, 0) is 66.6 Å². The van der Waals surface area contributed by atoms with Gasteiger partial charge in [0.2, 0.25) is 0 Å². The van der Waals surface area contributed by atoms with Crippen LogP contribution in [0.15, 0.2) is 42.5 Å². The number of nitrogens with one attached hydrogen (secondary N) is 1. The van der Waals surface area contributed by atoms with E-state index in [1.54, 1.807) is 18.2 Å². The number of fused-ring (bicyclic) bond motifs is 6. The molecule has 10 heteroatoms. The fourth-order valence-corrected chi connectivity index (χ4v) is 8.28. The van der Waals surface area contributed by atoms with Crippen molar-refractivity contribution in [1.82, 2.24) is 20.2 Å². The molecule has 5 heterocycles. The number of hydrogen-bond acceptors (Lipinski definition) is 8. The van der Waals surface area contributed by atoms with Crippen LogP contribution >= 0.6 is 11.6 Å². The number of morpholine rings is 1. The zero-order valence-corrected chi connectivity index (χ0v) is 26.3. The van der Waals surface area contributed by atoms with Crippen LogP contribution in [0.2, 0.25) is 5.02 Å². The van der Waals surface area contributed by atoms with Crippen molar-refractivity contribution in [3.05, 3.63) is 53.3 Å². The van der Waals surface area contributed by atoms with Gasteiger partial charge in [0, 0.05) is 60.7 Å². The number of phenolic OH excluding ortho intramolecular Hbond substituents is 1. The van der Waals surface area contributed by atoms with Gasteiger partial charge in [0.05, 0.1) is 24.8 Å². The van der Waals surface area contributed by atoms with Crippen LogP contribution in [-0.4, -0.2) is 83.6 Å². The first-order valence-corrected chi connectivity index (χ1v) is 16.7. The molecule has 4 aromatic rings. The van der Waals surface area contributed by atoms with E-state index in [-0.39, 0.29) is 33.8 Å². The van der Waals surface area contributed by atoms with Crippen molar-refractivity contribution in [3.63, 3.8) is 0 Å². The minimum atomic E-state index is -0.545. The second-order valence-corrected chi connectivity index (χ2v) is 13.6. The largest absolute Gasteiger partial charge is 0.508 e. The van der Waals surface area contributed by atoms with Crippen LogP contribution in [0.1, 0.15) is 39.0 Å². The highest BCUT2D eigenvalue weighted by molar-refractivity contribution is 6.35. The van der Waals surface area contributed by atoms with E-state index in [0.717, 1.165) is 62.9 Å². The normalized spacial score (nSPS) is 25.4. The molecule has 236 valence electrons. The first-order valence-electron chi connectivity index (χ1n) is 16.3. The molecule has 1 aromatic heterocycles. The lowest BCUT2D eigenvalue weighted by atomic mass is 9.96. The summed E-state index contributed by atoms with van der Waals surface area (Å²) in [5, 5.41) is 16.6. The Hall–Kier alpha value is -3.24. The maximum Gasteiger partial charge on any atom is 0.319 e. The summed E-state index contributed by atoms with van der Waals surface area (Å²) >= 11 is 6.91. The van der Waals surface area contributed by atoms with E-state index in [1.807, 2.05) is 24.3 Å². The molecule has 4 fully saturated rings. The van der Waals surface area contributed by atoms with Gasteiger partial charge in [0.25, 0.3) is 0 Å². The van der Waals surface area contributed by atoms with Gasteiger partial charge in [-0.1, -0.05) is 42.8 Å². The van der Waals surface area contributed by atoms with Crippen LogP contribution < -0.4 is 15.0 Å². The van der Waals surface area contributed by atoms with Gasteiger partial charge < -0.3 is 24.8 Å². The zero-order valence-electron chi connectivity index (χ0n) is 25.5. The topological polar surface area (TPSA) is 83.0 Å². The van der Waals surface area contributed by atoms with E-state index in [2.05, 4.69) is 22.0 Å². The molecule has 2 N–H and O–H groups in total. The van der Waals surface area contributed by atoms with E-state index in [1.165, 1.54) is 12.8 Å². The SMILES string of the molecule is CC[C@@H](COc1nc(N2CC3CCC(C2)N3)c2cc(Cl)c(-c3cc(O)cc4ccccc34)c(F)c2n1)CN1C2CCC1COC2. The third-order valence-corrected chi connectivity index (χ3v) is 10.7. The number of halogens is 2. The van der Waals surface area contributed by atoms with E-state index in [9.17, 15) is 5.11 Å². The smallest absolute Gasteiger partial charge is 0.319 e. The summed E-state index contributed by atoms with van der Waals surface area (Å²) < 4.78 is 29.0. The monoisotopic (exact) mass is 631 g/mol. The van der Waals surface area contributed by atoms with Gasteiger partial charge in [-0.15, -0.1) is 0 Å². The Labute approximate surface area is 267 Å². The minimum absolute atomic E-state index is 0.0438. The van der Waals surface area contributed by atoms with E-state index in [0.29, 0.717) is 47.5 Å². The molecular weight excluding hydrogens is 593 g/mol. The lowest BCUT2D eigenvalue weighted by Gasteiger charge is -2.36. The fraction of sp³-hybridized carbons (Fsp3) is 0.486. The summed E-state index contributed by atoms with van der Waals surface area (Å²) in [7, 11) is 0. The van der Waals surface area contributed by atoms with Crippen molar-refractivity contribution in [2.45, 2.75) is 63.2 Å². The van der Waals surface area contributed by atoms with E-state index < -0.39 is 5.82 Å². The zero-order chi connectivity index (χ0) is 30.7. The molecule has 45 heavy (non-hydrogen) atoms. The van der Waals surface area contributed by atoms with Crippen molar-refractivity contribution in [1.29, 1.82) is 0 Å². The third kappa shape index (κ3) is 5.37. The van der Waals surface area contributed by atoms with Crippen LogP contribution in [0.5, 0.6) is 11.8 Å². The highest BCUT2D eigenvalue weighted by Crippen LogP contribution is 2.43. The number of rotatable bonds is 8. The van der Waals surface area contributed by atoms with Crippen LogP contribution in [0.4, 0.5) is 10.2 Å². The summed E-state index contributed by atoms with van der Waals surface area (Å²) in [6.45, 7) is 6.73. The maximum absolute atomic E-state index is 16.9. The molecule has 4 aliphatic heterocycles. The molecule has 4 bridgehead atoms. The summed E-state index contributed by atoms with van der Waals surface area (Å²) in [6.07, 6.45) is 5.55. The molecule has 8 rings (SSSR count). The minimum Gasteiger partial charge on any atom is -0.508 e. The average Bonchev–Trinajstić information content (AvgIpc) is 3.48. The number of piperazine rings is 1. The summed E-state index contributed by atoms with van der Waals surface area (Å²) in [6, 6.07) is 14.5. The van der Waals surface area contributed by atoms with Gasteiger partial charge in [-0.3, -0.25) is 4.90 Å². The summed E-state index contributed by atoms with van der Waals surface area (Å²) in [4.78, 5) is 14.5. The Kier molecular flexibility index (Phi) is 7.68. The second kappa shape index (κ2) is 11.8. The van der Waals surface area contributed by atoms with E-state index in [4.69, 9.17) is 31.0 Å². The molecule has 4 saturated heterocycles. The quantitative estimate of drug-likeness (QED) is 0.239. The van der Waals surface area contributed by atoms with Gasteiger partial charge in [-0.25, -0.2) is 4.39 Å². The van der Waals surface area contributed by atoms with Crippen LogP contribution in [-0.2, 0) is 4.74 Å². The molecule has 0 aliphatic carbocycles. The van der Waals surface area contributed by atoms with Crippen molar-refractivity contribution in [3.8, 4) is 22.9 Å². The number of anilines is 1. The van der Waals surface area contributed by atoms with Crippen molar-refractivity contribution in [2.75, 3.05) is 44.4 Å². The predicted molar refractivity (Wildman–Crippen MR) is 175 cm³/mol. The molecule has 0 radical (unpaired) electrons. The molecule has 5 atom stereocenters. The number of hydrogen-bond donors (Lipinski definition) is 2. The van der Waals surface area contributed by atoms with Crippen molar-refractivity contribution < 1.29 is 19.0 Å². The van der Waals surface area contributed by atoms with Gasteiger partial charge in [0.1, 0.15) is 17.1 Å². The van der Waals surface area contributed by atoms with Gasteiger partial charge in [0.15, 0.2) is 5.82 Å². The molecule has 4 aliphatic rings. The molecule has 3 aromatic carbocycles. The summed E-state index contributed by atoms with van der Waals surface area (Å²) in [5.74, 6) is 0.438. The molecular formula is C35H39ClFN5O3. The van der Waals surface area contributed by atoms with Gasteiger partial charge >= 0.3 is 6.01 Å². The maximum atomic E-state index is 16.9. The second-order valence-electron chi connectivity index (χ2n) is 13.2. The first-order chi connectivity index (χ1) is 21.9. The number of nitrogens with zero attached hydrogens (tertiary/aromatic N) is 4. The molecule has 0 saturated carbocycles. The fourth-order valence-electron chi connectivity index (χ4n) is 7.99. The lowest BCUT2D eigenvalue weighted by Crippen LogP contribution is -2.51. The molecule has 0 amide bonds. The Balaban J connectivity index is 1.19. The van der Waals surface area contributed by atoms with Gasteiger partial charge in [-0.2, -0.15) is 9.97 Å². The Morgan fingerprint density at radius 2 is 1.80 bits per heavy atom. The number of aromatic hydroxyl groups is 1. The molecule has 4 unspecified atom stereocenters. The van der Waals surface area contributed by atoms with Crippen LogP contribution in [0.3, 0.4) is 0 Å². The average molecular weight is 632 g/mol. The predicted octanol–water partition coefficient (Wildman–Crippen LogP) is 6.16. The molecule has 0 spiro atoms. The number of benzene rings is 3. The number of phenols is 1. The van der Waals surface area contributed by atoms with Crippen molar-refractivity contribution in [2.24, 2.45) is 5.92 Å². The Morgan fingerprint density at radius 3 is 2.56 bits per heavy atom. The molecule has 8 nitrogen and oxygen atoms in total. The first kappa shape index (κ1) is 29.2. The Morgan fingerprint density at radius 1 is 1.04 bits per heavy atom. The number of aromatic nitrogens is 2. The van der Waals surface area contributed by atoms with E-state index >= 15 is 4.39 Å². The Bertz CT molecular complexity index is 1730. The van der Waals surface area contributed by atoms with Crippen molar-refractivity contribution >= 4 is 39.1 Å². The third-order valence-electron chi connectivity index (χ3n) is 10.4.